The molecule has 0 bridgehead atoms. The lowest BCUT2D eigenvalue weighted by Crippen LogP contribution is -2.40. The Balaban J connectivity index is 3.89. The fourth-order valence-electron chi connectivity index (χ4n) is 0.827. The minimum Gasteiger partial charge on any atom is -0.390 e. The molecule has 0 heterocycles. The molecule has 1 unspecified atom stereocenters. The number of hydrogen-bond acceptors (Lipinski definition) is 4. The molecule has 0 saturated carbocycles. The SMILES string of the molecule is CC(C)NCC(O)CN(C)S(=O)(=O)O. The molecule has 0 aliphatic heterocycles. The molecule has 0 aliphatic carbocycles. The quantitative estimate of drug-likeness (QED) is 0.510. The lowest BCUT2D eigenvalue weighted by Gasteiger charge is -2.18. The van der Waals surface area contributed by atoms with Gasteiger partial charge >= 0.3 is 10.3 Å². The van der Waals surface area contributed by atoms with Crippen LogP contribution in [0.2, 0.25) is 0 Å². The summed E-state index contributed by atoms with van der Waals surface area (Å²) in [5.41, 5.74) is 0. The highest BCUT2D eigenvalue weighted by Gasteiger charge is 2.17. The van der Waals surface area contributed by atoms with Crippen molar-refractivity contribution in [3.8, 4) is 0 Å². The zero-order valence-electron chi connectivity index (χ0n) is 8.64. The van der Waals surface area contributed by atoms with Gasteiger partial charge in [-0.2, -0.15) is 12.7 Å². The van der Waals surface area contributed by atoms with Crippen LogP contribution in [0, 0.1) is 0 Å². The number of hydrogen-bond donors (Lipinski definition) is 3. The summed E-state index contributed by atoms with van der Waals surface area (Å²) in [6.45, 7) is 3.99. The van der Waals surface area contributed by atoms with Crippen LogP contribution in [0.1, 0.15) is 13.8 Å². The molecule has 1 atom stereocenters. The van der Waals surface area contributed by atoms with E-state index >= 15 is 0 Å². The lowest BCUT2D eigenvalue weighted by molar-refractivity contribution is 0.144. The molecule has 14 heavy (non-hydrogen) atoms. The molecular formula is C7H18N2O4S. The predicted octanol–water partition coefficient (Wildman–Crippen LogP) is -0.920. The van der Waals surface area contributed by atoms with E-state index in [0.717, 1.165) is 0 Å². The molecule has 0 rings (SSSR count). The zero-order chi connectivity index (χ0) is 11.4. The van der Waals surface area contributed by atoms with E-state index in [-0.39, 0.29) is 19.1 Å². The Bertz CT molecular complexity index is 252. The number of likely N-dealkylation sites (N-methyl/N-ethyl adjacent to an activating group) is 1. The topological polar surface area (TPSA) is 89.9 Å². The third kappa shape index (κ3) is 6.28. The summed E-state index contributed by atoms with van der Waals surface area (Å²) in [7, 11) is -2.99. The molecule has 0 spiro atoms. The van der Waals surface area contributed by atoms with Gasteiger partial charge in [0.2, 0.25) is 0 Å². The molecule has 0 radical (unpaired) electrons. The molecule has 7 heteroatoms. The number of nitrogens with zero attached hydrogens (tertiary/aromatic N) is 1. The van der Waals surface area contributed by atoms with Crippen LogP contribution in [0.4, 0.5) is 0 Å². The van der Waals surface area contributed by atoms with Gasteiger partial charge < -0.3 is 10.4 Å². The highest BCUT2D eigenvalue weighted by molar-refractivity contribution is 7.83. The van der Waals surface area contributed by atoms with Crippen LogP contribution in [0.5, 0.6) is 0 Å². The van der Waals surface area contributed by atoms with Gasteiger partial charge in [0.25, 0.3) is 0 Å². The van der Waals surface area contributed by atoms with Crippen molar-refractivity contribution in [2.75, 3.05) is 20.1 Å². The first-order valence-corrected chi connectivity index (χ1v) is 5.73. The molecule has 3 N–H and O–H groups in total. The van der Waals surface area contributed by atoms with Gasteiger partial charge in [-0.3, -0.25) is 4.55 Å². The Labute approximate surface area is 84.8 Å². The van der Waals surface area contributed by atoms with Gasteiger partial charge in [0.1, 0.15) is 0 Å². The van der Waals surface area contributed by atoms with Gasteiger partial charge in [-0.15, -0.1) is 0 Å². The minimum atomic E-state index is -4.19. The lowest BCUT2D eigenvalue weighted by atomic mass is 10.3. The highest BCUT2D eigenvalue weighted by atomic mass is 32.2. The normalized spacial score (nSPS) is 15.1. The first-order chi connectivity index (χ1) is 6.23. The largest absolute Gasteiger partial charge is 0.390 e. The smallest absolute Gasteiger partial charge is 0.335 e. The fourth-order valence-corrected chi connectivity index (χ4v) is 1.19. The van der Waals surface area contributed by atoms with E-state index in [1.807, 2.05) is 13.8 Å². The zero-order valence-corrected chi connectivity index (χ0v) is 9.45. The van der Waals surface area contributed by atoms with E-state index in [0.29, 0.717) is 4.31 Å². The van der Waals surface area contributed by atoms with Crippen LogP contribution in [0.25, 0.3) is 0 Å². The molecule has 6 nitrogen and oxygen atoms in total. The first kappa shape index (κ1) is 13.8. The van der Waals surface area contributed by atoms with Crippen LogP contribution in [-0.4, -0.2) is 54.7 Å². The molecule has 0 amide bonds. The molecule has 0 aromatic rings. The van der Waals surface area contributed by atoms with Crippen LogP contribution in [0.15, 0.2) is 0 Å². The summed E-state index contributed by atoms with van der Waals surface area (Å²) in [6, 6.07) is 0.223. The van der Waals surface area contributed by atoms with Gasteiger partial charge in [-0.05, 0) is 0 Å². The average Bonchev–Trinajstić information content (AvgIpc) is 1.99. The summed E-state index contributed by atoms with van der Waals surface area (Å²) in [6.07, 6.45) is -0.829. The van der Waals surface area contributed by atoms with E-state index in [4.69, 9.17) is 4.55 Å². The second-order valence-corrected chi connectivity index (χ2v) is 4.99. The van der Waals surface area contributed by atoms with Crippen LogP contribution in [-0.2, 0) is 10.3 Å². The average molecular weight is 226 g/mol. The maximum atomic E-state index is 10.6. The molecule has 0 saturated heterocycles. The predicted molar refractivity (Wildman–Crippen MR) is 53.3 cm³/mol. The Hall–Kier alpha value is -0.210. The van der Waals surface area contributed by atoms with Crippen LogP contribution >= 0.6 is 0 Å². The third-order valence-corrected chi connectivity index (χ3v) is 2.56. The number of nitrogens with one attached hydrogen (secondary N) is 1. The van der Waals surface area contributed by atoms with E-state index < -0.39 is 16.4 Å². The van der Waals surface area contributed by atoms with Gasteiger partial charge in [-0.1, -0.05) is 13.8 Å². The Kier molecular flexibility index (Phi) is 5.53. The van der Waals surface area contributed by atoms with Gasteiger partial charge in [0, 0.05) is 26.2 Å². The van der Waals surface area contributed by atoms with Crippen molar-refractivity contribution in [1.82, 2.24) is 9.62 Å². The van der Waals surface area contributed by atoms with Crippen molar-refractivity contribution < 1.29 is 18.1 Å². The standard InChI is InChI=1S/C7H18N2O4S/c1-6(2)8-4-7(10)5-9(3)14(11,12)13/h6-8,10H,4-5H2,1-3H3,(H,11,12,13). The summed E-state index contributed by atoms with van der Waals surface area (Å²) in [5, 5.41) is 12.3. The maximum absolute atomic E-state index is 10.6. The Morgan fingerprint density at radius 3 is 2.29 bits per heavy atom. The van der Waals surface area contributed by atoms with Gasteiger partial charge in [0.05, 0.1) is 6.10 Å². The molecule has 0 fully saturated rings. The van der Waals surface area contributed by atoms with Crippen molar-refractivity contribution in [2.24, 2.45) is 0 Å². The first-order valence-electron chi connectivity index (χ1n) is 4.33. The summed E-state index contributed by atoms with van der Waals surface area (Å²) in [4.78, 5) is 0. The maximum Gasteiger partial charge on any atom is 0.335 e. The Morgan fingerprint density at radius 2 is 1.93 bits per heavy atom. The summed E-state index contributed by atoms with van der Waals surface area (Å²) in [5.74, 6) is 0. The number of rotatable bonds is 6. The molecule has 86 valence electrons. The van der Waals surface area contributed by atoms with Crippen LogP contribution in [0.3, 0.4) is 0 Å². The van der Waals surface area contributed by atoms with E-state index in [2.05, 4.69) is 5.32 Å². The second kappa shape index (κ2) is 5.62. The monoisotopic (exact) mass is 226 g/mol. The third-order valence-electron chi connectivity index (χ3n) is 1.62. The minimum absolute atomic E-state index is 0.126. The fraction of sp³-hybridized carbons (Fsp3) is 1.00. The van der Waals surface area contributed by atoms with Crippen molar-refractivity contribution in [2.45, 2.75) is 26.0 Å². The van der Waals surface area contributed by atoms with E-state index in [1.54, 1.807) is 0 Å². The second-order valence-electron chi connectivity index (χ2n) is 3.48. The van der Waals surface area contributed by atoms with Crippen molar-refractivity contribution in [1.29, 1.82) is 0 Å². The van der Waals surface area contributed by atoms with Gasteiger partial charge in [0.15, 0.2) is 0 Å². The number of aliphatic hydroxyl groups excluding tert-OH is 1. The van der Waals surface area contributed by atoms with Gasteiger partial charge in [-0.25, -0.2) is 0 Å². The summed E-state index contributed by atoms with van der Waals surface area (Å²) < 4.78 is 30.4. The van der Waals surface area contributed by atoms with Crippen molar-refractivity contribution in [3.63, 3.8) is 0 Å². The highest BCUT2D eigenvalue weighted by Crippen LogP contribution is 1.95. The number of aliphatic hydroxyl groups is 1. The molecule has 0 aromatic carbocycles. The molecule has 0 aromatic heterocycles. The van der Waals surface area contributed by atoms with Crippen molar-refractivity contribution >= 4 is 10.3 Å². The molecular weight excluding hydrogens is 208 g/mol. The van der Waals surface area contributed by atoms with E-state index in [1.165, 1.54) is 7.05 Å². The summed E-state index contributed by atoms with van der Waals surface area (Å²) >= 11 is 0. The molecule has 0 aliphatic rings. The Morgan fingerprint density at radius 1 is 1.43 bits per heavy atom. The van der Waals surface area contributed by atoms with E-state index in [9.17, 15) is 13.5 Å². The van der Waals surface area contributed by atoms with Crippen molar-refractivity contribution in [3.05, 3.63) is 0 Å². The van der Waals surface area contributed by atoms with Crippen LogP contribution < -0.4 is 5.32 Å².